The standard InChI is InChI=1S/C16H25N/c1-2-14-7-9-15(10-8-14)11-12-17-13-16-5-3-4-6-16/h7-10,16-17H,2-6,11-13H2,1H3. The number of aryl methyl sites for hydroxylation is 1. The summed E-state index contributed by atoms with van der Waals surface area (Å²) in [4.78, 5) is 0. The van der Waals surface area contributed by atoms with Gasteiger partial charge < -0.3 is 5.32 Å². The average molecular weight is 231 g/mol. The van der Waals surface area contributed by atoms with Crippen molar-refractivity contribution < 1.29 is 0 Å². The first-order chi connectivity index (χ1) is 8.38. The Morgan fingerprint density at radius 3 is 2.35 bits per heavy atom. The molecule has 1 fully saturated rings. The Hall–Kier alpha value is -0.820. The van der Waals surface area contributed by atoms with Crippen LogP contribution in [0.2, 0.25) is 0 Å². The molecule has 0 heterocycles. The molecule has 0 saturated heterocycles. The highest BCUT2D eigenvalue weighted by atomic mass is 14.9. The minimum Gasteiger partial charge on any atom is -0.316 e. The number of rotatable bonds is 6. The monoisotopic (exact) mass is 231 g/mol. The molecule has 1 aliphatic carbocycles. The number of nitrogens with one attached hydrogen (secondary N) is 1. The van der Waals surface area contributed by atoms with Crippen molar-refractivity contribution in [3.63, 3.8) is 0 Å². The summed E-state index contributed by atoms with van der Waals surface area (Å²) in [6, 6.07) is 9.06. The predicted molar refractivity (Wildman–Crippen MR) is 74.4 cm³/mol. The smallest absolute Gasteiger partial charge is 0.000824 e. The van der Waals surface area contributed by atoms with Crippen LogP contribution in [-0.4, -0.2) is 13.1 Å². The lowest BCUT2D eigenvalue weighted by Gasteiger charge is -2.10. The Kier molecular flexibility index (Phi) is 5.06. The average Bonchev–Trinajstić information content (AvgIpc) is 2.88. The maximum Gasteiger partial charge on any atom is -0.000824 e. The van der Waals surface area contributed by atoms with Crippen LogP contribution in [0.3, 0.4) is 0 Å². The second kappa shape index (κ2) is 6.80. The first-order valence-corrected chi connectivity index (χ1v) is 7.17. The molecule has 0 atom stereocenters. The van der Waals surface area contributed by atoms with E-state index in [1.165, 1.54) is 43.4 Å². The molecule has 17 heavy (non-hydrogen) atoms. The van der Waals surface area contributed by atoms with Gasteiger partial charge in [0.2, 0.25) is 0 Å². The van der Waals surface area contributed by atoms with Crippen molar-refractivity contribution in [1.82, 2.24) is 5.32 Å². The molecule has 1 aromatic carbocycles. The van der Waals surface area contributed by atoms with E-state index in [4.69, 9.17) is 0 Å². The quantitative estimate of drug-likeness (QED) is 0.738. The third-order valence-electron chi connectivity index (χ3n) is 3.93. The molecule has 0 aliphatic heterocycles. The third kappa shape index (κ3) is 4.16. The number of hydrogen-bond acceptors (Lipinski definition) is 1. The van der Waals surface area contributed by atoms with E-state index in [9.17, 15) is 0 Å². The number of hydrogen-bond donors (Lipinski definition) is 1. The molecule has 1 aliphatic rings. The second-order valence-corrected chi connectivity index (χ2v) is 5.27. The molecule has 0 radical (unpaired) electrons. The van der Waals surface area contributed by atoms with Crippen molar-refractivity contribution in [2.45, 2.75) is 45.4 Å². The maximum absolute atomic E-state index is 3.60. The van der Waals surface area contributed by atoms with E-state index in [2.05, 4.69) is 36.5 Å². The Balaban J connectivity index is 1.63. The van der Waals surface area contributed by atoms with Gasteiger partial charge in [0.1, 0.15) is 0 Å². The largest absolute Gasteiger partial charge is 0.316 e. The highest BCUT2D eigenvalue weighted by Gasteiger charge is 2.13. The summed E-state index contributed by atoms with van der Waals surface area (Å²) in [7, 11) is 0. The summed E-state index contributed by atoms with van der Waals surface area (Å²) in [5.74, 6) is 0.956. The highest BCUT2D eigenvalue weighted by molar-refractivity contribution is 5.22. The summed E-state index contributed by atoms with van der Waals surface area (Å²) in [6.07, 6.45) is 8.09. The summed E-state index contributed by atoms with van der Waals surface area (Å²) >= 11 is 0. The molecule has 0 aromatic heterocycles. The van der Waals surface area contributed by atoms with Crippen molar-refractivity contribution in [1.29, 1.82) is 0 Å². The zero-order chi connectivity index (χ0) is 11.9. The van der Waals surface area contributed by atoms with Crippen LogP contribution in [0.5, 0.6) is 0 Å². The maximum atomic E-state index is 3.60. The van der Waals surface area contributed by atoms with Gasteiger partial charge in [-0.15, -0.1) is 0 Å². The Morgan fingerprint density at radius 1 is 1.06 bits per heavy atom. The van der Waals surface area contributed by atoms with Crippen LogP contribution in [0.4, 0.5) is 0 Å². The predicted octanol–water partition coefficient (Wildman–Crippen LogP) is 3.57. The van der Waals surface area contributed by atoms with E-state index in [1.807, 2.05) is 0 Å². The van der Waals surface area contributed by atoms with Crippen LogP contribution >= 0.6 is 0 Å². The normalized spacial score (nSPS) is 16.5. The van der Waals surface area contributed by atoms with Crippen LogP contribution in [0.25, 0.3) is 0 Å². The highest BCUT2D eigenvalue weighted by Crippen LogP contribution is 2.23. The molecule has 1 N–H and O–H groups in total. The van der Waals surface area contributed by atoms with E-state index in [0.717, 1.165) is 25.3 Å². The van der Waals surface area contributed by atoms with E-state index < -0.39 is 0 Å². The molecule has 0 amide bonds. The van der Waals surface area contributed by atoms with Crippen molar-refractivity contribution >= 4 is 0 Å². The fraction of sp³-hybridized carbons (Fsp3) is 0.625. The molecule has 94 valence electrons. The molecule has 1 aromatic rings. The summed E-state index contributed by atoms with van der Waals surface area (Å²) < 4.78 is 0. The molecule has 1 nitrogen and oxygen atoms in total. The molecule has 1 heteroatoms. The molecule has 0 bridgehead atoms. The van der Waals surface area contributed by atoms with Gasteiger partial charge in [0.05, 0.1) is 0 Å². The fourth-order valence-corrected chi connectivity index (χ4v) is 2.70. The van der Waals surface area contributed by atoms with E-state index >= 15 is 0 Å². The zero-order valence-corrected chi connectivity index (χ0v) is 11.0. The SMILES string of the molecule is CCc1ccc(CCNCC2CCCC2)cc1. The molecule has 0 spiro atoms. The van der Waals surface area contributed by atoms with Gasteiger partial charge in [0.25, 0.3) is 0 Å². The third-order valence-corrected chi connectivity index (χ3v) is 3.93. The number of benzene rings is 1. The van der Waals surface area contributed by atoms with Gasteiger partial charge in [-0.1, -0.05) is 44.0 Å². The van der Waals surface area contributed by atoms with Crippen molar-refractivity contribution in [2.75, 3.05) is 13.1 Å². The molecule has 2 rings (SSSR count). The summed E-state index contributed by atoms with van der Waals surface area (Å²) in [5.41, 5.74) is 2.90. The molecule has 1 saturated carbocycles. The van der Waals surface area contributed by atoms with Crippen LogP contribution in [-0.2, 0) is 12.8 Å². The van der Waals surface area contributed by atoms with Gasteiger partial charge in [-0.3, -0.25) is 0 Å². The lowest BCUT2D eigenvalue weighted by molar-refractivity contribution is 0.492. The van der Waals surface area contributed by atoms with Gasteiger partial charge in [-0.25, -0.2) is 0 Å². The van der Waals surface area contributed by atoms with Crippen LogP contribution < -0.4 is 5.32 Å². The molecular weight excluding hydrogens is 206 g/mol. The topological polar surface area (TPSA) is 12.0 Å². The van der Waals surface area contributed by atoms with Crippen molar-refractivity contribution in [2.24, 2.45) is 5.92 Å². The Bertz CT molecular complexity index is 309. The molecule has 0 unspecified atom stereocenters. The minimum absolute atomic E-state index is 0.956. The van der Waals surface area contributed by atoms with Crippen LogP contribution in [0.1, 0.15) is 43.7 Å². The van der Waals surface area contributed by atoms with Crippen molar-refractivity contribution in [3.05, 3.63) is 35.4 Å². The summed E-state index contributed by atoms with van der Waals surface area (Å²) in [5, 5.41) is 3.60. The van der Waals surface area contributed by atoms with Gasteiger partial charge in [-0.2, -0.15) is 0 Å². The lowest BCUT2D eigenvalue weighted by atomic mass is 10.1. The van der Waals surface area contributed by atoms with Gasteiger partial charge >= 0.3 is 0 Å². The van der Waals surface area contributed by atoms with Crippen molar-refractivity contribution in [3.8, 4) is 0 Å². The van der Waals surface area contributed by atoms with Crippen LogP contribution in [0, 0.1) is 5.92 Å². The Labute approximate surface area is 106 Å². The van der Waals surface area contributed by atoms with E-state index in [1.54, 1.807) is 0 Å². The van der Waals surface area contributed by atoms with Gasteiger partial charge in [0, 0.05) is 0 Å². The lowest BCUT2D eigenvalue weighted by Crippen LogP contribution is -2.23. The van der Waals surface area contributed by atoms with E-state index in [-0.39, 0.29) is 0 Å². The Morgan fingerprint density at radius 2 is 1.71 bits per heavy atom. The van der Waals surface area contributed by atoms with Gasteiger partial charge in [-0.05, 0) is 55.8 Å². The fourth-order valence-electron chi connectivity index (χ4n) is 2.70. The summed E-state index contributed by atoms with van der Waals surface area (Å²) in [6.45, 7) is 4.56. The van der Waals surface area contributed by atoms with Gasteiger partial charge in [0.15, 0.2) is 0 Å². The second-order valence-electron chi connectivity index (χ2n) is 5.27. The first-order valence-electron chi connectivity index (χ1n) is 7.17. The first kappa shape index (κ1) is 12.6. The van der Waals surface area contributed by atoms with Crippen LogP contribution in [0.15, 0.2) is 24.3 Å². The molecular formula is C16H25N. The van der Waals surface area contributed by atoms with E-state index in [0.29, 0.717) is 0 Å². The minimum atomic E-state index is 0.956. The zero-order valence-electron chi connectivity index (χ0n) is 11.0.